The fourth-order valence-corrected chi connectivity index (χ4v) is 3.71. The lowest BCUT2D eigenvalue weighted by Crippen LogP contribution is -2.43. The number of allylic oxidation sites excluding steroid dienone is 1. The summed E-state index contributed by atoms with van der Waals surface area (Å²) in [5.41, 5.74) is 5.66. The van der Waals surface area contributed by atoms with Crippen LogP contribution < -0.4 is 10.5 Å². The van der Waals surface area contributed by atoms with E-state index in [1.807, 2.05) is 6.07 Å². The van der Waals surface area contributed by atoms with Gasteiger partial charge in [-0.15, -0.1) is 0 Å². The first-order valence-electron chi connectivity index (χ1n) is 8.03. The molecule has 26 heavy (non-hydrogen) atoms. The number of nitro groups is 1. The third-order valence-electron chi connectivity index (χ3n) is 4.87. The average Bonchev–Trinajstić information content (AvgIpc) is 2.60. The van der Waals surface area contributed by atoms with Gasteiger partial charge in [0.05, 0.1) is 23.5 Å². The van der Waals surface area contributed by atoms with E-state index in [-0.39, 0.29) is 23.0 Å². The number of methoxy groups -OCH3 is 1. The fraction of sp³-hybridized carbons (Fsp3) is 0.412. The maximum Gasteiger partial charge on any atom is 0.314 e. The predicted octanol–water partition coefficient (Wildman–Crippen LogP) is 1.85. The molecule has 1 heterocycles. The van der Waals surface area contributed by atoms with Crippen LogP contribution in [0.2, 0.25) is 0 Å². The number of aromatic hydroxyl groups is 1. The molecule has 1 aliphatic heterocycles. The molecule has 9 heteroatoms. The number of hydrogen-bond donors (Lipinski definition) is 2. The number of ketones is 1. The van der Waals surface area contributed by atoms with Crippen LogP contribution in [0.1, 0.15) is 30.7 Å². The third kappa shape index (κ3) is 2.69. The second-order valence-corrected chi connectivity index (χ2v) is 6.26. The van der Waals surface area contributed by atoms with Crippen molar-refractivity contribution in [3.8, 4) is 17.6 Å². The van der Waals surface area contributed by atoms with E-state index in [1.54, 1.807) is 0 Å². The number of carbonyl (C=O) groups excluding carboxylic acids is 1. The van der Waals surface area contributed by atoms with Crippen LogP contribution in [0.5, 0.6) is 11.5 Å². The van der Waals surface area contributed by atoms with Crippen molar-refractivity contribution in [2.24, 2.45) is 11.7 Å². The van der Waals surface area contributed by atoms with Crippen LogP contribution in [0, 0.1) is 27.4 Å². The third-order valence-corrected chi connectivity index (χ3v) is 4.87. The maximum atomic E-state index is 12.6. The number of ether oxygens (including phenoxy) is 2. The molecule has 0 spiro atoms. The second kappa shape index (κ2) is 6.55. The molecule has 9 nitrogen and oxygen atoms in total. The number of benzene rings is 1. The van der Waals surface area contributed by atoms with Crippen molar-refractivity contribution >= 4 is 11.5 Å². The Morgan fingerprint density at radius 3 is 2.85 bits per heavy atom. The van der Waals surface area contributed by atoms with E-state index in [0.717, 1.165) is 6.07 Å². The van der Waals surface area contributed by atoms with Crippen molar-refractivity contribution in [1.29, 1.82) is 5.26 Å². The molecule has 0 saturated heterocycles. The molecule has 3 unspecified atom stereocenters. The summed E-state index contributed by atoms with van der Waals surface area (Å²) in [5, 5.41) is 30.8. The van der Waals surface area contributed by atoms with E-state index >= 15 is 0 Å². The smallest absolute Gasteiger partial charge is 0.314 e. The molecule has 3 atom stereocenters. The summed E-state index contributed by atoms with van der Waals surface area (Å²) in [6, 6.07) is 4.50. The number of carbonyl (C=O) groups is 1. The molecule has 3 N–H and O–H groups in total. The van der Waals surface area contributed by atoms with Gasteiger partial charge >= 0.3 is 5.69 Å². The summed E-state index contributed by atoms with van der Waals surface area (Å²) in [6.07, 6.45) is 1.11. The van der Waals surface area contributed by atoms with E-state index in [1.165, 1.54) is 13.2 Å². The molecule has 1 aromatic rings. The highest BCUT2D eigenvalue weighted by atomic mass is 16.6. The Balaban J connectivity index is 2.23. The predicted molar refractivity (Wildman–Crippen MR) is 88.1 cm³/mol. The minimum atomic E-state index is -0.792. The number of nitriles is 1. The van der Waals surface area contributed by atoms with Gasteiger partial charge in [-0.1, -0.05) is 0 Å². The van der Waals surface area contributed by atoms with Gasteiger partial charge < -0.3 is 20.3 Å². The number of phenolic OH excluding ortho intramolecular Hbond substituents is 1. The summed E-state index contributed by atoms with van der Waals surface area (Å²) < 4.78 is 10.6. The first kappa shape index (κ1) is 17.5. The van der Waals surface area contributed by atoms with Gasteiger partial charge in [-0.25, -0.2) is 0 Å². The summed E-state index contributed by atoms with van der Waals surface area (Å²) in [7, 11) is 1.26. The first-order valence-corrected chi connectivity index (χ1v) is 8.03. The Bertz CT molecular complexity index is 857. The van der Waals surface area contributed by atoms with Gasteiger partial charge in [0, 0.05) is 18.4 Å². The summed E-state index contributed by atoms with van der Waals surface area (Å²) in [5.74, 6) is -2.35. The molecule has 0 radical (unpaired) electrons. The van der Waals surface area contributed by atoms with Crippen molar-refractivity contribution in [2.75, 3.05) is 7.11 Å². The second-order valence-electron chi connectivity index (χ2n) is 6.26. The summed E-state index contributed by atoms with van der Waals surface area (Å²) in [6.45, 7) is 0. The number of nitro benzene ring substituents is 1. The summed E-state index contributed by atoms with van der Waals surface area (Å²) in [4.78, 5) is 23.1. The monoisotopic (exact) mass is 359 g/mol. The minimum Gasteiger partial charge on any atom is -0.500 e. The minimum absolute atomic E-state index is 0.0449. The van der Waals surface area contributed by atoms with E-state index in [0.29, 0.717) is 24.8 Å². The molecular weight excluding hydrogens is 342 g/mol. The molecule has 1 aliphatic carbocycles. The van der Waals surface area contributed by atoms with E-state index < -0.39 is 34.3 Å². The van der Waals surface area contributed by atoms with Gasteiger partial charge in [0.25, 0.3) is 0 Å². The molecule has 0 aromatic heterocycles. The van der Waals surface area contributed by atoms with Crippen LogP contribution in [0.25, 0.3) is 0 Å². The van der Waals surface area contributed by atoms with Crippen molar-refractivity contribution in [3.05, 3.63) is 39.3 Å². The highest BCUT2D eigenvalue weighted by Crippen LogP contribution is 2.48. The highest BCUT2D eigenvalue weighted by molar-refractivity contribution is 5.84. The van der Waals surface area contributed by atoms with Crippen LogP contribution in [0.3, 0.4) is 0 Å². The Hall–Kier alpha value is -3.28. The van der Waals surface area contributed by atoms with Gasteiger partial charge in [0.1, 0.15) is 18.0 Å². The molecule has 0 amide bonds. The molecule has 136 valence electrons. The van der Waals surface area contributed by atoms with Gasteiger partial charge in [0.15, 0.2) is 11.6 Å². The maximum absolute atomic E-state index is 12.6. The Labute approximate surface area is 148 Å². The first-order chi connectivity index (χ1) is 12.4. The van der Waals surface area contributed by atoms with Crippen molar-refractivity contribution in [1.82, 2.24) is 0 Å². The van der Waals surface area contributed by atoms with E-state index in [2.05, 4.69) is 0 Å². The SMILES string of the molecule is COc1cc(C2C(C#N)=C(N)OC3CCCC(=O)C32)cc([N+](=O)[O-])c1O. The molecule has 1 saturated carbocycles. The topological polar surface area (TPSA) is 149 Å². The number of fused-ring (bicyclic) bond motifs is 1. The van der Waals surface area contributed by atoms with E-state index in [9.17, 15) is 25.3 Å². The van der Waals surface area contributed by atoms with Crippen molar-refractivity contribution < 1.29 is 24.3 Å². The lowest BCUT2D eigenvalue weighted by molar-refractivity contribution is -0.386. The Kier molecular flexibility index (Phi) is 4.42. The fourth-order valence-electron chi connectivity index (χ4n) is 3.71. The molecule has 1 fully saturated rings. The molecule has 3 rings (SSSR count). The Morgan fingerprint density at radius 1 is 1.50 bits per heavy atom. The number of Topliss-reactive ketones (excluding diaryl/α,β-unsaturated/α-hetero) is 1. The summed E-state index contributed by atoms with van der Waals surface area (Å²) >= 11 is 0. The quantitative estimate of drug-likeness (QED) is 0.613. The van der Waals surface area contributed by atoms with Crippen molar-refractivity contribution in [2.45, 2.75) is 31.3 Å². The van der Waals surface area contributed by atoms with Gasteiger partial charge in [-0.05, 0) is 24.5 Å². The zero-order chi connectivity index (χ0) is 19.0. The zero-order valence-corrected chi connectivity index (χ0v) is 14.0. The standard InChI is InChI=1S/C17H17N3O6/c1-25-13-6-8(5-10(16(13)22)20(23)24)14-9(7-18)17(19)26-12-4-2-3-11(21)15(12)14/h5-6,12,14-15,22H,2-4,19H2,1H3. The zero-order valence-electron chi connectivity index (χ0n) is 14.0. The van der Waals surface area contributed by atoms with Crippen molar-refractivity contribution in [3.63, 3.8) is 0 Å². The van der Waals surface area contributed by atoms with Crippen LogP contribution >= 0.6 is 0 Å². The Morgan fingerprint density at radius 2 is 2.23 bits per heavy atom. The molecule has 1 aromatic carbocycles. The number of rotatable bonds is 3. The van der Waals surface area contributed by atoms with Gasteiger partial charge in [-0.3, -0.25) is 14.9 Å². The van der Waals surface area contributed by atoms with Crippen LogP contribution in [0.15, 0.2) is 23.6 Å². The highest BCUT2D eigenvalue weighted by Gasteiger charge is 2.46. The van der Waals surface area contributed by atoms with Crippen LogP contribution in [0.4, 0.5) is 5.69 Å². The van der Waals surface area contributed by atoms with Gasteiger partial charge in [-0.2, -0.15) is 5.26 Å². The normalized spacial score (nSPS) is 25.1. The number of phenols is 1. The number of nitrogens with zero attached hydrogens (tertiary/aromatic N) is 2. The molecule has 2 aliphatic rings. The molecular formula is C17H17N3O6. The van der Waals surface area contributed by atoms with Crippen LogP contribution in [-0.2, 0) is 9.53 Å². The average molecular weight is 359 g/mol. The van der Waals surface area contributed by atoms with Gasteiger partial charge in [0.2, 0.25) is 5.75 Å². The lowest BCUT2D eigenvalue weighted by atomic mass is 9.70. The van der Waals surface area contributed by atoms with E-state index in [4.69, 9.17) is 15.2 Å². The largest absolute Gasteiger partial charge is 0.500 e. The van der Waals surface area contributed by atoms with Crippen LogP contribution in [-0.4, -0.2) is 29.0 Å². The number of nitrogens with two attached hydrogens (primary N) is 1. The lowest BCUT2D eigenvalue weighted by Gasteiger charge is -2.40. The molecule has 0 bridgehead atoms. The number of hydrogen-bond acceptors (Lipinski definition) is 8.